The van der Waals surface area contributed by atoms with Gasteiger partial charge in [0, 0.05) is 10.9 Å². The Hall–Kier alpha value is -1.51. The number of nitrogens with one attached hydrogen (secondary N) is 3. The minimum absolute atomic E-state index is 0.00491. The molecule has 134 valence electrons. The SMILES string of the molecule is Cc1sc2nc(C[NH+]3CCN(C(=S)NC4CC4)CC3)[nH]c(=O)c2c1C. The quantitative estimate of drug-likeness (QED) is 0.672. The van der Waals surface area contributed by atoms with Gasteiger partial charge in [0.15, 0.2) is 10.9 Å². The van der Waals surface area contributed by atoms with Crippen molar-refractivity contribution in [3.63, 3.8) is 0 Å². The molecule has 0 bridgehead atoms. The number of aromatic nitrogens is 2. The second-order valence-electron chi connectivity index (χ2n) is 7.11. The number of H-pyrrole nitrogens is 1. The zero-order valence-corrected chi connectivity index (χ0v) is 16.3. The predicted octanol–water partition coefficient (Wildman–Crippen LogP) is 0.339. The molecule has 0 aromatic carbocycles. The number of rotatable bonds is 3. The summed E-state index contributed by atoms with van der Waals surface area (Å²) in [6, 6.07) is 0.608. The fourth-order valence-corrected chi connectivity index (χ4v) is 4.71. The summed E-state index contributed by atoms with van der Waals surface area (Å²) in [4.78, 5) is 25.8. The Morgan fingerprint density at radius 1 is 1.40 bits per heavy atom. The molecule has 6 nitrogen and oxygen atoms in total. The van der Waals surface area contributed by atoms with E-state index in [2.05, 4.69) is 15.2 Å². The van der Waals surface area contributed by atoms with Crippen molar-refractivity contribution in [3.8, 4) is 0 Å². The summed E-state index contributed by atoms with van der Waals surface area (Å²) in [7, 11) is 0. The first-order valence-corrected chi connectivity index (χ1v) is 10.1. The van der Waals surface area contributed by atoms with Gasteiger partial charge in [-0.1, -0.05) is 0 Å². The molecule has 2 fully saturated rings. The van der Waals surface area contributed by atoms with Crippen LogP contribution in [0.3, 0.4) is 0 Å². The second kappa shape index (κ2) is 6.66. The molecule has 1 aliphatic heterocycles. The van der Waals surface area contributed by atoms with Crippen LogP contribution in [0.4, 0.5) is 0 Å². The van der Waals surface area contributed by atoms with E-state index >= 15 is 0 Å². The molecule has 1 aliphatic carbocycles. The lowest BCUT2D eigenvalue weighted by atomic mass is 10.2. The van der Waals surface area contributed by atoms with E-state index in [1.54, 1.807) is 11.3 Å². The van der Waals surface area contributed by atoms with Gasteiger partial charge in [-0.25, -0.2) is 4.98 Å². The van der Waals surface area contributed by atoms with Crippen molar-refractivity contribution in [1.82, 2.24) is 20.2 Å². The number of fused-ring (bicyclic) bond motifs is 1. The van der Waals surface area contributed by atoms with Gasteiger partial charge in [0.1, 0.15) is 11.4 Å². The summed E-state index contributed by atoms with van der Waals surface area (Å²) in [5, 5.41) is 5.07. The molecule has 3 heterocycles. The van der Waals surface area contributed by atoms with Gasteiger partial charge in [-0.05, 0) is 44.5 Å². The van der Waals surface area contributed by atoms with Gasteiger partial charge in [0.05, 0.1) is 31.6 Å². The van der Waals surface area contributed by atoms with Crippen LogP contribution in [-0.4, -0.2) is 52.2 Å². The Labute approximate surface area is 156 Å². The molecule has 8 heteroatoms. The first-order valence-electron chi connectivity index (χ1n) is 8.89. The van der Waals surface area contributed by atoms with E-state index in [4.69, 9.17) is 17.2 Å². The van der Waals surface area contributed by atoms with Gasteiger partial charge in [-0.15, -0.1) is 11.3 Å². The molecule has 25 heavy (non-hydrogen) atoms. The summed E-state index contributed by atoms with van der Waals surface area (Å²) in [6.07, 6.45) is 2.49. The number of thiophene rings is 1. The van der Waals surface area contributed by atoms with Crippen molar-refractivity contribution in [2.45, 2.75) is 39.3 Å². The fourth-order valence-electron chi connectivity index (χ4n) is 3.32. The average molecular weight is 379 g/mol. The van der Waals surface area contributed by atoms with Crippen LogP contribution in [0.1, 0.15) is 29.1 Å². The Morgan fingerprint density at radius 2 is 2.12 bits per heavy atom. The lowest BCUT2D eigenvalue weighted by Crippen LogP contribution is -3.13. The van der Waals surface area contributed by atoms with Crippen molar-refractivity contribution < 1.29 is 4.90 Å². The van der Waals surface area contributed by atoms with E-state index in [1.165, 1.54) is 22.6 Å². The van der Waals surface area contributed by atoms with Crippen molar-refractivity contribution in [1.29, 1.82) is 0 Å². The van der Waals surface area contributed by atoms with Crippen LogP contribution in [0.15, 0.2) is 4.79 Å². The average Bonchev–Trinajstić information content (AvgIpc) is 3.33. The smallest absolute Gasteiger partial charge is 0.260 e. The monoisotopic (exact) mass is 378 g/mol. The minimum atomic E-state index is -0.00491. The molecule has 0 radical (unpaired) electrons. The van der Waals surface area contributed by atoms with Crippen LogP contribution in [0, 0.1) is 13.8 Å². The molecule has 2 aliphatic rings. The highest BCUT2D eigenvalue weighted by Gasteiger charge is 2.27. The number of aryl methyl sites for hydroxylation is 2. The maximum absolute atomic E-state index is 12.4. The van der Waals surface area contributed by atoms with Crippen LogP contribution in [0.2, 0.25) is 0 Å². The van der Waals surface area contributed by atoms with E-state index in [-0.39, 0.29) is 5.56 Å². The zero-order chi connectivity index (χ0) is 17.6. The number of hydrogen-bond donors (Lipinski definition) is 3. The molecule has 1 saturated heterocycles. The third-order valence-electron chi connectivity index (χ3n) is 5.17. The van der Waals surface area contributed by atoms with Gasteiger partial charge in [0.2, 0.25) is 0 Å². The van der Waals surface area contributed by atoms with E-state index in [1.807, 2.05) is 13.8 Å². The number of thiocarbonyl (C=S) groups is 1. The Morgan fingerprint density at radius 3 is 2.80 bits per heavy atom. The maximum atomic E-state index is 12.4. The Balaban J connectivity index is 1.40. The predicted molar refractivity (Wildman–Crippen MR) is 104 cm³/mol. The normalized spacial score (nSPS) is 18.7. The number of aromatic amines is 1. The molecular formula is C17H24N5OS2+. The van der Waals surface area contributed by atoms with Crippen molar-refractivity contribution in [3.05, 3.63) is 26.6 Å². The van der Waals surface area contributed by atoms with Crippen molar-refractivity contribution in [2.24, 2.45) is 0 Å². The van der Waals surface area contributed by atoms with E-state index < -0.39 is 0 Å². The van der Waals surface area contributed by atoms with Crippen molar-refractivity contribution in [2.75, 3.05) is 26.2 Å². The topological polar surface area (TPSA) is 65.5 Å². The first-order chi connectivity index (χ1) is 12.0. The van der Waals surface area contributed by atoms with Gasteiger partial charge in [-0.2, -0.15) is 0 Å². The minimum Gasteiger partial charge on any atom is -0.360 e. The molecule has 0 spiro atoms. The summed E-state index contributed by atoms with van der Waals surface area (Å²) in [6.45, 7) is 8.73. The van der Waals surface area contributed by atoms with Crippen LogP contribution in [0.5, 0.6) is 0 Å². The third-order valence-corrected chi connectivity index (χ3v) is 6.65. The van der Waals surface area contributed by atoms with Crippen molar-refractivity contribution >= 4 is 38.9 Å². The fraction of sp³-hybridized carbons (Fsp3) is 0.588. The van der Waals surface area contributed by atoms with Crippen LogP contribution in [0.25, 0.3) is 10.2 Å². The van der Waals surface area contributed by atoms with Gasteiger partial charge in [-0.3, -0.25) is 4.79 Å². The molecule has 1 saturated carbocycles. The molecule has 4 rings (SSSR count). The highest BCUT2D eigenvalue weighted by Crippen LogP contribution is 2.25. The van der Waals surface area contributed by atoms with Gasteiger partial charge < -0.3 is 20.1 Å². The molecule has 0 amide bonds. The van der Waals surface area contributed by atoms with E-state index in [9.17, 15) is 4.79 Å². The highest BCUT2D eigenvalue weighted by atomic mass is 32.1. The standard InChI is InChI=1S/C17H23N5OS2/c1-10-11(2)25-16-14(10)15(23)19-13(20-16)9-21-5-7-22(8-6-21)17(24)18-12-3-4-12/h12H,3-9H2,1-2H3,(H,18,24)(H,19,20,23)/p+1. The largest absolute Gasteiger partial charge is 0.360 e. The molecule has 0 unspecified atom stereocenters. The molecule has 0 atom stereocenters. The first kappa shape index (κ1) is 16.9. The zero-order valence-electron chi connectivity index (χ0n) is 14.6. The lowest BCUT2D eigenvalue weighted by Gasteiger charge is -2.33. The van der Waals surface area contributed by atoms with Crippen LogP contribution < -0.4 is 15.8 Å². The molecule has 2 aromatic heterocycles. The lowest BCUT2D eigenvalue weighted by molar-refractivity contribution is -0.918. The number of nitrogens with zero attached hydrogens (tertiary/aromatic N) is 2. The molecule has 2 aromatic rings. The van der Waals surface area contributed by atoms with Gasteiger partial charge in [0.25, 0.3) is 5.56 Å². The molecule has 3 N–H and O–H groups in total. The number of quaternary nitrogens is 1. The number of hydrogen-bond acceptors (Lipinski definition) is 4. The number of piperazine rings is 1. The maximum Gasteiger partial charge on any atom is 0.260 e. The Kier molecular flexibility index (Phi) is 4.51. The van der Waals surface area contributed by atoms with Crippen LogP contribution in [-0.2, 0) is 6.54 Å². The summed E-state index contributed by atoms with van der Waals surface area (Å²) < 4.78 is 0. The van der Waals surface area contributed by atoms with E-state index in [0.29, 0.717) is 6.04 Å². The molecular weight excluding hydrogens is 354 g/mol. The Bertz CT molecular complexity index is 862. The third kappa shape index (κ3) is 3.56. The highest BCUT2D eigenvalue weighted by molar-refractivity contribution is 7.80. The summed E-state index contributed by atoms with van der Waals surface area (Å²) in [5.41, 5.74) is 1.05. The summed E-state index contributed by atoms with van der Waals surface area (Å²) >= 11 is 7.10. The second-order valence-corrected chi connectivity index (χ2v) is 8.70. The summed E-state index contributed by atoms with van der Waals surface area (Å²) in [5.74, 6) is 0.792. The van der Waals surface area contributed by atoms with Gasteiger partial charge >= 0.3 is 0 Å². The van der Waals surface area contributed by atoms with E-state index in [0.717, 1.165) is 59.4 Å². The van der Waals surface area contributed by atoms with Crippen LogP contribution >= 0.6 is 23.6 Å².